The molecule has 2 aromatic rings. The summed E-state index contributed by atoms with van der Waals surface area (Å²) in [6, 6.07) is 4.07. The Morgan fingerprint density at radius 3 is 3.11 bits per heavy atom. The zero-order chi connectivity index (χ0) is 12.4. The van der Waals surface area contributed by atoms with E-state index in [1.54, 1.807) is 6.20 Å². The molecule has 0 radical (unpaired) electrons. The molecule has 1 unspecified atom stereocenters. The zero-order valence-electron chi connectivity index (χ0n) is 10.4. The van der Waals surface area contributed by atoms with Crippen molar-refractivity contribution in [2.45, 2.75) is 32.2 Å². The molecule has 1 aliphatic rings. The maximum absolute atomic E-state index is 5.33. The Morgan fingerprint density at radius 1 is 1.39 bits per heavy atom. The lowest BCUT2D eigenvalue weighted by Gasteiger charge is -2.19. The third kappa shape index (κ3) is 2.26. The predicted octanol–water partition coefficient (Wildman–Crippen LogP) is 2.25. The van der Waals surface area contributed by atoms with Gasteiger partial charge in [0, 0.05) is 17.5 Å². The number of nitrogens with zero attached hydrogens (tertiary/aromatic N) is 3. The van der Waals surface area contributed by atoms with Crippen LogP contribution in [0.3, 0.4) is 0 Å². The fourth-order valence-electron chi connectivity index (χ4n) is 2.24. The molecule has 18 heavy (non-hydrogen) atoms. The van der Waals surface area contributed by atoms with Crippen LogP contribution in [-0.4, -0.2) is 21.7 Å². The Morgan fingerprint density at radius 2 is 2.33 bits per heavy atom. The summed E-state index contributed by atoms with van der Waals surface area (Å²) in [5.74, 6) is 1.34. The minimum atomic E-state index is 0.235. The monoisotopic (exact) mass is 244 g/mol. The van der Waals surface area contributed by atoms with Crippen LogP contribution >= 0.6 is 0 Å². The minimum Gasteiger partial charge on any atom is -0.334 e. The van der Waals surface area contributed by atoms with Gasteiger partial charge < -0.3 is 9.84 Å². The standard InChI is InChI=1S/C13H16N4O/c1-9-8-10(5-7-14-9)13-16-12(17-18-13)11-4-2-3-6-15-11/h5,7-8,11,15H,2-4,6H2,1H3. The van der Waals surface area contributed by atoms with Gasteiger partial charge in [-0.05, 0) is 38.4 Å². The van der Waals surface area contributed by atoms with E-state index in [2.05, 4.69) is 20.4 Å². The van der Waals surface area contributed by atoms with Gasteiger partial charge in [0.05, 0.1) is 6.04 Å². The van der Waals surface area contributed by atoms with Gasteiger partial charge in [-0.1, -0.05) is 11.6 Å². The van der Waals surface area contributed by atoms with Crippen molar-refractivity contribution in [2.24, 2.45) is 0 Å². The summed E-state index contributed by atoms with van der Waals surface area (Å²) in [6.07, 6.45) is 5.28. The van der Waals surface area contributed by atoms with E-state index in [9.17, 15) is 0 Å². The number of aryl methyl sites for hydroxylation is 1. The van der Waals surface area contributed by atoms with Crippen LogP contribution in [-0.2, 0) is 0 Å². The number of pyridine rings is 1. The third-order valence-corrected chi connectivity index (χ3v) is 3.21. The predicted molar refractivity (Wildman–Crippen MR) is 66.9 cm³/mol. The number of piperidine rings is 1. The van der Waals surface area contributed by atoms with E-state index in [4.69, 9.17) is 4.52 Å². The fraction of sp³-hybridized carbons (Fsp3) is 0.462. The highest BCUT2D eigenvalue weighted by Crippen LogP contribution is 2.23. The number of rotatable bonds is 2. The van der Waals surface area contributed by atoms with Gasteiger partial charge in [-0.15, -0.1) is 0 Å². The van der Waals surface area contributed by atoms with Crippen LogP contribution in [0, 0.1) is 6.92 Å². The second-order valence-corrected chi connectivity index (χ2v) is 4.65. The fourth-order valence-corrected chi connectivity index (χ4v) is 2.24. The highest BCUT2D eigenvalue weighted by atomic mass is 16.5. The van der Waals surface area contributed by atoms with Gasteiger partial charge in [0.15, 0.2) is 5.82 Å². The van der Waals surface area contributed by atoms with Crippen LogP contribution in [0.4, 0.5) is 0 Å². The first kappa shape index (κ1) is 11.3. The van der Waals surface area contributed by atoms with Gasteiger partial charge in [0.2, 0.25) is 0 Å². The molecule has 0 aromatic carbocycles. The normalized spacial score (nSPS) is 19.9. The molecule has 1 N–H and O–H groups in total. The van der Waals surface area contributed by atoms with Gasteiger partial charge in [-0.3, -0.25) is 4.98 Å². The molecule has 1 fully saturated rings. The Balaban J connectivity index is 1.84. The van der Waals surface area contributed by atoms with Crippen molar-refractivity contribution >= 4 is 0 Å². The van der Waals surface area contributed by atoms with Crippen LogP contribution in [0.1, 0.15) is 36.8 Å². The quantitative estimate of drug-likeness (QED) is 0.877. The molecule has 1 aliphatic heterocycles. The lowest BCUT2D eigenvalue weighted by atomic mass is 10.0. The number of hydrogen-bond acceptors (Lipinski definition) is 5. The van der Waals surface area contributed by atoms with E-state index in [0.717, 1.165) is 30.0 Å². The molecule has 0 bridgehead atoms. The van der Waals surface area contributed by atoms with Crippen LogP contribution in [0.2, 0.25) is 0 Å². The topological polar surface area (TPSA) is 63.8 Å². The van der Waals surface area contributed by atoms with E-state index in [0.29, 0.717) is 5.89 Å². The molecule has 3 rings (SSSR count). The highest BCUT2D eigenvalue weighted by Gasteiger charge is 2.20. The summed E-state index contributed by atoms with van der Waals surface area (Å²) < 4.78 is 5.33. The van der Waals surface area contributed by atoms with Crippen molar-refractivity contribution in [3.63, 3.8) is 0 Å². The van der Waals surface area contributed by atoms with E-state index in [1.165, 1.54) is 12.8 Å². The van der Waals surface area contributed by atoms with Crippen LogP contribution in [0.15, 0.2) is 22.9 Å². The lowest BCUT2D eigenvalue weighted by Crippen LogP contribution is -2.27. The molecule has 0 amide bonds. The molecule has 0 aliphatic carbocycles. The Labute approximate surface area is 106 Å². The van der Waals surface area contributed by atoms with Crippen molar-refractivity contribution in [1.29, 1.82) is 0 Å². The maximum atomic E-state index is 5.33. The second kappa shape index (κ2) is 4.86. The molecule has 5 nitrogen and oxygen atoms in total. The average molecular weight is 244 g/mol. The number of aromatic nitrogens is 3. The Bertz CT molecular complexity index is 531. The van der Waals surface area contributed by atoms with Crippen molar-refractivity contribution in [1.82, 2.24) is 20.4 Å². The summed E-state index contributed by atoms with van der Waals surface area (Å²) in [4.78, 5) is 8.64. The van der Waals surface area contributed by atoms with E-state index in [1.807, 2.05) is 19.1 Å². The molecule has 5 heteroatoms. The largest absolute Gasteiger partial charge is 0.334 e. The summed E-state index contributed by atoms with van der Waals surface area (Å²) in [7, 11) is 0. The number of nitrogens with one attached hydrogen (secondary N) is 1. The molecule has 0 saturated carbocycles. The Hall–Kier alpha value is -1.75. The van der Waals surface area contributed by atoms with E-state index >= 15 is 0 Å². The highest BCUT2D eigenvalue weighted by molar-refractivity contribution is 5.52. The van der Waals surface area contributed by atoms with Crippen molar-refractivity contribution in [3.8, 4) is 11.5 Å². The van der Waals surface area contributed by atoms with Crippen LogP contribution in [0.25, 0.3) is 11.5 Å². The first-order valence-corrected chi connectivity index (χ1v) is 6.33. The van der Waals surface area contributed by atoms with E-state index < -0.39 is 0 Å². The van der Waals surface area contributed by atoms with Gasteiger partial charge in [0.25, 0.3) is 5.89 Å². The Kier molecular flexibility index (Phi) is 3.06. The molecule has 94 valence electrons. The summed E-state index contributed by atoms with van der Waals surface area (Å²) in [6.45, 7) is 2.98. The van der Waals surface area contributed by atoms with E-state index in [-0.39, 0.29) is 6.04 Å². The molecule has 1 atom stereocenters. The first-order chi connectivity index (χ1) is 8.83. The molecule has 1 saturated heterocycles. The maximum Gasteiger partial charge on any atom is 0.258 e. The van der Waals surface area contributed by atoms with Crippen molar-refractivity contribution < 1.29 is 4.52 Å². The minimum absolute atomic E-state index is 0.235. The third-order valence-electron chi connectivity index (χ3n) is 3.21. The summed E-state index contributed by atoms with van der Waals surface area (Å²) in [5.41, 5.74) is 1.88. The molecule has 0 spiro atoms. The van der Waals surface area contributed by atoms with Crippen molar-refractivity contribution in [3.05, 3.63) is 29.8 Å². The van der Waals surface area contributed by atoms with Crippen LogP contribution in [0.5, 0.6) is 0 Å². The first-order valence-electron chi connectivity index (χ1n) is 6.33. The molecular formula is C13H16N4O. The zero-order valence-corrected chi connectivity index (χ0v) is 10.4. The smallest absolute Gasteiger partial charge is 0.258 e. The summed E-state index contributed by atoms with van der Waals surface area (Å²) in [5, 5.41) is 7.49. The average Bonchev–Trinajstić information content (AvgIpc) is 2.89. The van der Waals surface area contributed by atoms with Crippen molar-refractivity contribution in [2.75, 3.05) is 6.54 Å². The number of hydrogen-bond donors (Lipinski definition) is 1. The van der Waals surface area contributed by atoms with Gasteiger partial charge in [-0.2, -0.15) is 4.98 Å². The summed E-state index contributed by atoms with van der Waals surface area (Å²) >= 11 is 0. The van der Waals surface area contributed by atoms with Crippen LogP contribution < -0.4 is 5.32 Å². The van der Waals surface area contributed by atoms with Gasteiger partial charge in [0.1, 0.15) is 0 Å². The molecule has 2 aromatic heterocycles. The lowest BCUT2D eigenvalue weighted by molar-refractivity contribution is 0.367. The van der Waals surface area contributed by atoms with Gasteiger partial charge >= 0.3 is 0 Å². The molecule has 3 heterocycles. The van der Waals surface area contributed by atoms with Gasteiger partial charge in [-0.25, -0.2) is 0 Å². The second-order valence-electron chi connectivity index (χ2n) is 4.65. The molecular weight excluding hydrogens is 228 g/mol. The SMILES string of the molecule is Cc1cc(-c2nc(C3CCCCN3)no2)ccn1.